The maximum atomic E-state index is 13.1. The lowest BCUT2D eigenvalue weighted by Crippen LogP contribution is -2.52. The zero-order valence-corrected chi connectivity index (χ0v) is 14.6. The zero-order chi connectivity index (χ0) is 16.5. The maximum absolute atomic E-state index is 13.1. The third-order valence-corrected chi connectivity index (χ3v) is 6.14. The predicted molar refractivity (Wildman–Crippen MR) is 93.6 cm³/mol. The molecule has 4 heteroatoms. The van der Waals surface area contributed by atoms with E-state index in [1.54, 1.807) is 0 Å². The van der Waals surface area contributed by atoms with Crippen LogP contribution >= 0.6 is 0 Å². The van der Waals surface area contributed by atoms with E-state index >= 15 is 0 Å². The minimum atomic E-state index is -0.251. The smallest absolute Gasteiger partial charge is 0.328 e. The first-order valence-electron chi connectivity index (χ1n) is 9.46. The Labute approximate surface area is 144 Å². The summed E-state index contributed by atoms with van der Waals surface area (Å²) in [5.74, 6) is 0.514. The molecule has 0 aliphatic carbocycles. The molecule has 4 fully saturated rings. The summed E-state index contributed by atoms with van der Waals surface area (Å²) in [5.41, 5.74) is 1.07. The number of esters is 1. The van der Waals surface area contributed by atoms with Crippen LogP contribution in [-0.4, -0.2) is 54.1 Å². The minimum Gasteiger partial charge on any atom is -0.459 e. The monoisotopic (exact) mass is 328 g/mol. The van der Waals surface area contributed by atoms with E-state index < -0.39 is 0 Å². The Balaban J connectivity index is 1.53. The molecule has 130 valence electrons. The summed E-state index contributed by atoms with van der Waals surface area (Å²) in [6.07, 6.45) is 4.76. The van der Waals surface area contributed by atoms with Crippen LogP contribution in [0.25, 0.3) is 0 Å². The molecule has 4 saturated heterocycles. The SMILES string of the molecule is C[C@@H]1CCCN1C(C(=O)O[C@H]1CN2CCC1CC2)c1ccccc1. The molecule has 0 spiro atoms. The Bertz CT molecular complexity index is 568. The second-order valence-corrected chi connectivity index (χ2v) is 7.66. The standard InChI is InChI=1S/C20H28N2O2/c1-15-6-5-11-22(15)19(17-7-3-2-4-8-17)20(23)24-18-14-21-12-9-16(18)10-13-21/h2-4,7-8,15-16,18-19H,5-6,9-14H2,1H3/t15-,18+,19?/m1/s1. The lowest BCUT2D eigenvalue weighted by Gasteiger charge is -2.44. The van der Waals surface area contributed by atoms with E-state index in [1.165, 1.54) is 25.9 Å². The molecule has 5 rings (SSSR count). The van der Waals surface area contributed by atoms with Crippen LogP contribution in [-0.2, 0) is 9.53 Å². The van der Waals surface area contributed by atoms with E-state index in [9.17, 15) is 4.79 Å². The van der Waals surface area contributed by atoms with Gasteiger partial charge in [0.1, 0.15) is 12.1 Å². The minimum absolute atomic E-state index is 0.0475. The summed E-state index contributed by atoms with van der Waals surface area (Å²) in [4.78, 5) is 17.9. The molecule has 0 radical (unpaired) electrons. The van der Waals surface area contributed by atoms with Gasteiger partial charge in [-0.3, -0.25) is 9.80 Å². The van der Waals surface area contributed by atoms with E-state index in [-0.39, 0.29) is 18.1 Å². The van der Waals surface area contributed by atoms with Crippen molar-refractivity contribution in [3.63, 3.8) is 0 Å². The van der Waals surface area contributed by atoms with Crippen molar-refractivity contribution in [3.05, 3.63) is 35.9 Å². The van der Waals surface area contributed by atoms with Crippen molar-refractivity contribution in [2.75, 3.05) is 26.2 Å². The molecule has 4 aliphatic rings. The van der Waals surface area contributed by atoms with Crippen molar-refractivity contribution >= 4 is 5.97 Å². The fraction of sp³-hybridized carbons (Fsp3) is 0.650. The number of carbonyl (C=O) groups is 1. The molecule has 0 saturated carbocycles. The third-order valence-electron chi connectivity index (χ3n) is 6.14. The van der Waals surface area contributed by atoms with Gasteiger partial charge in [-0.1, -0.05) is 30.3 Å². The van der Waals surface area contributed by atoms with Crippen LogP contribution < -0.4 is 0 Å². The van der Waals surface area contributed by atoms with Crippen LogP contribution in [0, 0.1) is 5.92 Å². The van der Waals surface area contributed by atoms with Gasteiger partial charge in [-0.2, -0.15) is 0 Å². The van der Waals surface area contributed by atoms with Gasteiger partial charge in [0, 0.05) is 12.6 Å². The first kappa shape index (κ1) is 16.1. The molecule has 1 unspecified atom stereocenters. The average Bonchev–Trinajstić information content (AvgIpc) is 3.03. The molecule has 4 heterocycles. The number of likely N-dealkylation sites (tertiary alicyclic amines) is 1. The van der Waals surface area contributed by atoms with Crippen molar-refractivity contribution in [3.8, 4) is 0 Å². The first-order chi connectivity index (χ1) is 11.7. The highest BCUT2D eigenvalue weighted by molar-refractivity contribution is 5.78. The normalized spacial score (nSPS) is 34.2. The zero-order valence-electron chi connectivity index (χ0n) is 14.6. The van der Waals surface area contributed by atoms with Crippen molar-refractivity contribution in [2.45, 2.75) is 50.8 Å². The third kappa shape index (κ3) is 3.09. The van der Waals surface area contributed by atoms with E-state index in [0.29, 0.717) is 12.0 Å². The van der Waals surface area contributed by atoms with Crippen LogP contribution in [0.3, 0.4) is 0 Å². The topological polar surface area (TPSA) is 32.8 Å². The number of rotatable bonds is 4. The first-order valence-corrected chi connectivity index (χ1v) is 9.46. The molecule has 4 nitrogen and oxygen atoms in total. The van der Waals surface area contributed by atoms with Gasteiger partial charge in [0.2, 0.25) is 0 Å². The largest absolute Gasteiger partial charge is 0.459 e. The average molecular weight is 328 g/mol. The quantitative estimate of drug-likeness (QED) is 0.796. The number of ether oxygens (including phenoxy) is 1. The Hall–Kier alpha value is -1.39. The molecule has 1 aromatic carbocycles. The molecule has 0 amide bonds. The molecular formula is C20H28N2O2. The van der Waals surface area contributed by atoms with E-state index in [0.717, 1.165) is 31.5 Å². The molecule has 4 aliphatic heterocycles. The number of hydrogen-bond acceptors (Lipinski definition) is 4. The second kappa shape index (κ2) is 6.85. The van der Waals surface area contributed by atoms with Crippen molar-refractivity contribution < 1.29 is 9.53 Å². The van der Waals surface area contributed by atoms with Crippen LogP contribution in [0.2, 0.25) is 0 Å². The Kier molecular flexibility index (Phi) is 4.59. The molecular weight excluding hydrogens is 300 g/mol. The molecule has 3 atom stereocenters. The summed E-state index contributed by atoms with van der Waals surface area (Å²) in [6.45, 7) is 6.47. The number of piperidine rings is 3. The lowest BCUT2D eigenvalue weighted by atomic mass is 9.86. The van der Waals surface area contributed by atoms with Crippen molar-refractivity contribution in [1.82, 2.24) is 9.80 Å². The van der Waals surface area contributed by atoms with Gasteiger partial charge >= 0.3 is 5.97 Å². The highest BCUT2D eigenvalue weighted by Gasteiger charge is 2.40. The number of fused-ring (bicyclic) bond motifs is 3. The fourth-order valence-corrected chi connectivity index (χ4v) is 4.70. The van der Waals surface area contributed by atoms with E-state index in [2.05, 4.69) is 28.9 Å². The van der Waals surface area contributed by atoms with Gasteiger partial charge in [0.15, 0.2) is 0 Å². The van der Waals surface area contributed by atoms with Crippen molar-refractivity contribution in [2.24, 2.45) is 5.92 Å². The molecule has 2 bridgehead atoms. The summed E-state index contributed by atoms with van der Waals surface area (Å²) in [5, 5.41) is 0. The van der Waals surface area contributed by atoms with E-state index in [1.807, 2.05) is 18.2 Å². The van der Waals surface area contributed by atoms with Crippen LogP contribution in [0.5, 0.6) is 0 Å². The Morgan fingerprint density at radius 3 is 2.46 bits per heavy atom. The van der Waals surface area contributed by atoms with Gasteiger partial charge in [-0.05, 0) is 63.7 Å². The second-order valence-electron chi connectivity index (χ2n) is 7.66. The molecule has 0 N–H and O–H groups in total. The van der Waals surface area contributed by atoms with Crippen LogP contribution in [0.1, 0.15) is 44.2 Å². The van der Waals surface area contributed by atoms with Gasteiger partial charge in [-0.15, -0.1) is 0 Å². The molecule has 0 aromatic heterocycles. The summed E-state index contributed by atoms with van der Waals surface area (Å²) >= 11 is 0. The molecule has 24 heavy (non-hydrogen) atoms. The summed E-state index contributed by atoms with van der Waals surface area (Å²) in [7, 11) is 0. The Morgan fingerprint density at radius 2 is 1.88 bits per heavy atom. The maximum Gasteiger partial charge on any atom is 0.328 e. The van der Waals surface area contributed by atoms with Crippen molar-refractivity contribution in [1.29, 1.82) is 0 Å². The Morgan fingerprint density at radius 1 is 1.12 bits per heavy atom. The molecule has 1 aromatic rings. The highest BCUT2D eigenvalue weighted by Crippen LogP contribution is 2.34. The van der Waals surface area contributed by atoms with Gasteiger partial charge < -0.3 is 4.74 Å². The van der Waals surface area contributed by atoms with Crippen LogP contribution in [0.15, 0.2) is 30.3 Å². The predicted octanol–water partition coefficient (Wildman–Crippen LogP) is 2.85. The highest BCUT2D eigenvalue weighted by atomic mass is 16.5. The van der Waals surface area contributed by atoms with Gasteiger partial charge in [0.05, 0.1) is 0 Å². The van der Waals surface area contributed by atoms with Crippen LogP contribution in [0.4, 0.5) is 0 Å². The van der Waals surface area contributed by atoms with E-state index in [4.69, 9.17) is 4.74 Å². The number of carbonyl (C=O) groups excluding carboxylic acids is 1. The number of hydrogen-bond donors (Lipinski definition) is 0. The van der Waals surface area contributed by atoms with Gasteiger partial charge in [-0.25, -0.2) is 4.79 Å². The summed E-state index contributed by atoms with van der Waals surface area (Å²) < 4.78 is 6.08. The fourth-order valence-electron chi connectivity index (χ4n) is 4.70. The number of benzene rings is 1. The van der Waals surface area contributed by atoms with Gasteiger partial charge in [0.25, 0.3) is 0 Å². The summed E-state index contributed by atoms with van der Waals surface area (Å²) in [6, 6.07) is 10.4. The lowest BCUT2D eigenvalue weighted by molar-refractivity contribution is -0.165. The number of nitrogens with zero attached hydrogens (tertiary/aromatic N) is 2.